The second-order valence-corrected chi connectivity index (χ2v) is 13.3. The fourth-order valence-corrected chi connectivity index (χ4v) is 7.73. The third kappa shape index (κ3) is 5.40. The van der Waals surface area contributed by atoms with E-state index in [1.54, 1.807) is 11.3 Å². The minimum absolute atomic E-state index is 0.128. The summed E-state index contributed by atoms with van der Waals surface area (Å²) in [6, 6.07) is 55.8. The lowest BCUT2D eigenvalue weighted by atomic mass is 9.99. The third-order valence-electron chi connectivity index (χ3n) is 9.07. The zero-order valence-corrected chi connectivity index (χ0v) is 27.7. The highest BCUT2D eigenvalue weighted by Crippen LogP contribution is 2.40. The van der Waals surface area contributed by atoms with E-state index >= 15 is 0 Å². The lowest BCUT2D eigenvalue weighted by Gasteiger charge is -2.07. The summed E-state index contributed by atoms with van der Waals surface area (Å²) in [5.41, 5.74) is 8.53. The molecule has 0 amide bonds. The molecule has 0 radical (unpaired) electrons. The highest BCUT2D eigenvalue weighted by Gasteiger charge is 2.17. The highest BCUT2D eigenvalue weighted by molar-refractivity contribution is 7.26. The molecule has 0 fully saturated rings. The van der Waals surface area contributed by atoms with Crippen LogP contribution in [0.4, 0.5) is 0 Å². The number of nitrogens with zero attached hydrogens (tertiary/aromatic N) is 2. The van der Waals surface area contributed by atoms with E-state index in [2.05, 4.69) is 103 Å². The first-order valence-corrected chi connectivity index (χ1v) is 17.3. The first-order valence-electron chi connectivity index (χ1n) is 16.5. The second kappa shape index (κ2) is 12.5. The number of amidine groups is 2. The van der Waals surface area contributed by atoms with Crippen molar-refractivity contribution in [3.05, 3.63) is 180 Å². The first kappa shape index (κ1) is 29.7. The molecular weight excluding hydrogens is 631 g/mol. The Morgan fingerprint density at radius 3 is 2.10 bits per heavy atom. The van der Waals surface area contributed by atoms with Gasteiger partial charge in [-0.2, -0.15) is 0 Å². The third-order valence-corrected chi connectivity index (χ3v) is 10.2. The van der Waals surface area contributed by atoms with Gasteiger partial charge in [-0.25, -0.2) is 9.98 Å². The number of para-hydroxylation sites is 2. The number of nitrogens with one attached hydrogen (secondary N) is 1. The number of aliphatic imine (C=N–C) groups is 2. The van der Waals surface area contributed by atoms with Gasteiger partial charge in [0, 0.05) is 42.7 Å². The number of rotatable bonds is 5. The van der Waals surface area contributed by atoms with Gasteiger partial charge in [0.15, 0.2) is 11.7 Å². The number of fused-ring (bicyclic) bond motifs is 6. The van der Waals surface area contributed by atoms with E-state index in [0.717, 1.165) is 49.6 Å². The van der Waals surface area contributed by atoms with Crippen LogP contribution in [-0.2, 0) is 0 Å². The summed E-state index contributed by atoms with van der Waals surface area (Å²) in [6.45, 7) is 0. The molecule has 0 aliphatic heterocycles. The largest absolute Gasteiger partial charge is 0.455 e. The van der Waals surface area contributed by atoms with Crippen molar-refractivity contribution in [2.45, 2.75) is 0 Å². The highest BCUT2D eigenvalue weighted by atomic mass is 32.1. The van der Waals surface area contributed by atoms with E-state index in [9.17, 15) is 5.41 Å². The minimum atomic E-state index is 0.128. The molecule has 0 saturated carbocycles. The van der Waals surface area contributed by atoms with Crippen LogP contribution in [0.1, 0.15) is 16.7 Å². The standard InChI is InChI=1S/C45H29N3OS/c46-44(33-25-26-40-38(27-33)42-34(16-10-20-41(42)50-40)32-13-5-2-6-14-32)48-45(37-18-9-17-36-35-15-7-8-19-39(35)49-43(36)37)47-28-29-21-23-31(24-22-29)30-11-3-1-4-12-30/h1-28,46H. The van der Waals surface area contributed by atoms with Crippen molar-refractivity contribution in [3.8, 4) is 22.3 Å². The van der Waals surface area contributed by atoms with E-state index in [4.69, 9.17) is 14.4 Å². The van der Waals surface area contributed by atoms with Gasteiger partial charge in [0.2, 0.25) is 0 Å². The smallest absolute Gasteiger partial charge is 0.165 e. The van der Waals surface area contributed by atoms with E-state index in [1.165, 1.54) is 25.9 Å². The summed E-state index contributed by atoms with van der Waals surface area (Å²) in [4.78, 5) is 9.85. The van der Waals surface area contributed by atoms with Crippen molar-refractivity contribution >= 4 is 71.3 Å². The van der Waals surface area contributed by atoms with Gasteiger partial charge in [0.1, 0.15) is 11.2 Å². The maximum absolute atomic E-state index is 9.30. The molecule has 7 aromatic carbocycles. The number of thiophene rings is 1. The Labute approximate surface area is 292 Å². The van der Waals surface area contributed by atoms with E-state index in [0.29, 0.717) is 11.4 Å². The molecule has 4 nitrogen and oxygen atoms in total. The van der Waals surface area contributed by atoms with Crippen molar-refractivity contribution in [3.63, 3.8) is 0 Å². The van der Waals surface area contributed by atoms with Gasteiger partial charge in [-0.15, -0.1) is 11.3 Å². The molecule has 0 aliphatic rings. The van der Waals surface area contributed by atoms with E-state index < -0.39 is 0 Å². The Hall–Kier alpha value is -6.43. The van der Waals surface area contributed by atoms with Gasteiger partial charge in [0.05, 0.1) is 5.56 Å². The van der Waals surface area contributed by atoms with Gasteiger partial charge in [-0.05, 0) is 64.2 Å². The zero-order chi connectivity index (χ0) is 33.4. The van der Waals surface area contributed by atoms with Crippen LogP contribution < -0.4 is 0 Å². The van der Waals surface area contributed by atoms with Crippen LogP contribution in [0.5, 0.6) is 0 Å². The van der Waals surface area contributed by atoms with Gasteiger partial charge in [-0.3, -0.25) is 5.41 Å². The van der Waals surface area contributed by atoms with Gasteiger partial charge < -0.3 is 4.42 Å². The van der Waals surface area contributed by atoms with Crippen molar-refractivity contribution in [1.29, 1.82) is 5.41 Å². The van der Waals surface area contributed by atoms with Gasteiger partial charge >= 0.3 is 0 Å². The second-order valence-electron chi connectivity index (χ2n) is 12.2. The van der Waals surface area contributed by atoms with Crippen molar-refractivity contribution in [1.82, 2.24) is 0 Å². The number of furan rings is 1. The lowest BCUT2D eigenvalue weighted by molar-refractivity contribution is 0.668. The molecule has 2 heterocycles. The Balaban J connectivity index is 1.16. The van der Waals surface area contributed by atoms with Crippen molar-refractivity contribution < 1.29 is 4.42 Å². The Morgan fingerprint density at radius 2 is 1.28 bits per heavy atom. The van der Waals surface area contributed by atoms with Crippen LogP contribution in [0.2, 0.25) is 0 Å². The molecule has 5 heteroatoms. The van der Waals surface area contributed by atoms with Crippen LogP contribution in [0, 0.1) is 5.41 Å². The fraction of sp³-hybridized carbons (Fsp3) is 0. The Bertz CT molecular complexity index is 2760. The Kier molecular flexibility index (Phi) is 7.45. The minimum Gasteiger partial charge on any atom is -0.455 e. The predicted octanol–water partition coefficient (Wildman–Crippen LogP) is 12.2. The monoisotopic (exact) mass is 659 g/mol. The molecule has 9 rings (SSSR count). The van der Waals surface area contributed by atoms with Crippen LogP contribution in [0.25, 0.3) is 64.4 Å². The fourth-order valence-electron chi connectivity index (χ4n) is 6.61. The lowest BCUT2D eigenvalue weighted by Crippen LogP contribution is -2.05. The summed E-state index contributed by atoms with van der Waals surface area (Å²) in [5, 5.41) is 13.6. The van der Waals surface area contributed by atoms with Gasteiger partial charge in [0.25, 0.3) is 0 Å². The molecule has 9 aromatic rings. The number of hydrogen-bond donors (Lipinski definition) is 1. The topological polar surface area (TPSA) is 61.7 Å². The summed E-state index contributed by atoms with van der Waals surface area (Å²) >= 11 is 1.77. The average molecular weight is 660 g/mol. The first-order chi connectivity index (χ1) is 24.7. The van der Waals surface area contributed by atoms with Crippen LogP contribution in [0.3, 0.4) is 0 Å². The maximum Gasteiger partial charge on any atom is 0.165 e. The summed E-state index contributed by atoms with van der Waals surface area (Å²) in [7, 11) is 0. The van der Waals surface area contributed by atoms with E-state index in [1.807, 2.05) is 66.9 Å². The molecule has 0 saturated heterocycles. The van der Waals surface area contributed by atoms with Crippen LogP contribution >= 0.6 is 11.3 Å². The van der Waals surface area contributed by atoms with Crippen molar-refractivity contribution in [2.75, 3.05) is 0 Å². The Morgan fingerprint density at radius 1 is 0.580 bits per heavy atom. The normalized spacial score (nSPS) is 12.1. The molecule has 50 heavy (non-hydrogen) atoms. The molecular formula is C45H29N3OS. The molecule has 1 N–H and O–H groups in total. The van der Waals surface area contributed by atoms with Crippen LogP contribution in [0.15, 0.2) is 178 Å². The van der Waals surface area contributed by atoms with E-state index in [-0.39, 0.29) is 5.84 Å². The number of benzene rings is 7. The maximum atomic E-state index is 9.30. The van der Waals surface area contributed by atoms with Crippen molar-refractivity contribution in [2.24, 2.45) is 9.98 Å². The van der Waals surface area contributed by atoms with Gasteiger partial charge in [-0.1, -0.05) is 127 Å². The molecule has 0 atom stereocenters. The predicted molar refractivity (Wildman–Crippen MR) is 211 cm³/mol. The summed E-state index contributed by atoms with van der Waals surface area (Å²) < 4.78 is 8.79. The zero-order valence-electron chi connectivity index (χ0n) is 26.9. The average Bonchev–Trinajstić information content (AvgIpc) is 3.76. The quantitative estimate of drug-likeness (QED) is 0.145. The summed E-state index contributed by atoms with van der Waals surface area (Å²) in [5.74, 6) is 0.537. The number of hydrogen-bond acceptors (Lipinski definition) is 3. The molecule has 0 bridgehead atoms. The summed E-state index contributed by atoms with van der Waals surface area (Å²) in [6.07, 6.45) is 1.81. The SMILES string of the molecule is N=C(N=C(N=Cc1ccc(-c2ccccc2)cc1)c1cccc2c1oc1ccccc12)c1ccc2sc3cccc(-c4ccccc4)c3c2c1. The van der Waals surface area contributed by atoms with Crippen LogP contribution in [-0.4, -0.2) is 17.9 Å². The molecule has 0 spiro atoms. The molecule has 236 valence electrons. The molecule has 2 aromatic heterocycles. The molecule has 0 aliphatic carbocycles. The molecule has 0 unspecified atom stereocenters.